The van der Waals surface area contributed by atoms with E-state index in [-0.39, 0.29) is 12.5 Å². The summed E-state index contributed by atoms with van der Waals surface area (Å²) in [6.07, 6.45) is 2.14. The van der Waals surface area contributed by atoms with Crippen LogP contribution in [0.25, 0.3) is 22.4 Å². The van der Waals surface area contributed by atoms with Gasteiger partial charge in [0, 0.05) is 18.7 Å². The SMILES string of the molecule is COc1cc(-c2nc3ccccc3[nH]2)ccc1OCC(=O)N1CCCC1. The van der Waals surface area contributed by atoms with Gasteiger partial charge in [0.15, 0.2) is 18.1 Å². The standard InChI is InChI=1S/C20H21N3O3/c1-25-18-12-14(20-21-15-6-2-3-7-16(15)22-20)8-9-17(18)26-13-19(24)23-10-4-5-11-23/h2-3,6-9,12H,4-5,10-11,13H2,1H3,(H,21,22). The molecular formula is C20H21N3O3. The van der Waals surface area contributed by atoms with Gasteiger partial charge in [-0.1, -0.05) is 12.1 Å². The summed E-state index contributed by atoms with van der Waals surface area (Å²) in [5, 5.41) is 0. The van der Waals surface area contributed by atoms with E-state index in [0.29, 0.717) is 11.5 Å². The van der Waals surface area contributed by atoms with Crippen molar-refractivity contribution < 1.29 is 14.3 Å². The number of hydrogen-bond donors (Lipinski definition) is 1. The molecule has 0 unspecified atom stereocenters. The van der Waals surface area contributed by atoms with Gasteiger partial charge in [-0.2, -0.15) is 0 Å². The van der Waals surface area contributed by atoms with Crippen molar-refractivity contribution in [1.82, 2.24) is 14.9 Å². The summed E-state index contributed by atoms with van der Waals surface area (Å²) >= 11 is 0. The molecule has 2 heterocycles. The topological polar surface area (TPSA) is 67.5 Å². The molecule has 0 bridgehead atoms. The molecule has 0 aliphatic carbocycles. The Labute approximate surface area is 151 Å². The van der Waals surface area contributed by atoms with Gasteiger partial charge in [0.05, 0.1) is 18.1 Å². The molecule has 0 radical (unpaired) electrons. The molecule has 1 amide bonds. The summed E-state index contributed by atoms with van der Waals surface area (Å²) in [7, 11) is 1.59. The number of aromatic nitrogens is 2. The maximum atomic E-state index is 12.2. The Bertz CT molecular complexity index is 896. The van der Waals surface area contributed by atoms with E-state index in [9.17, 15) is 4.79 Å². The molecule has 1 aliphatic rings. The van der Waals surface area contributed by atoms with Gasteiger partial charge >= 0.3 is 0 Å². The first-order chi connectivity index (χ1) is 12.7. The highest BCUT2D eigenvalue weighted by atomic mass is 16.5. The number of fused-ring (bicyclic) bond motifs is 1. The summed E-state index contributed by atoms with van der Waals surface area (Å²) in [5.74, 6) is 1.92. The number of carbonyl (C=O) groups excluding carboxylic acids is 1. The summed E-state index contributed by atoms with van der Waals surface area (Å²) in [5.41, 5.74) is 2.80. The lowest BCUT2D eigenvalue weighted by molar-refractivity contribution is -0.132. The third kappa shape index (κ3) is 3.22. The molecule has 0 spiro atoms. The predicted octanol–water partition coefficient (Wildman–Crippen LogP) is 3.24. The summed E-state index contributed by atoms with van der Waals surface area (Å²) in [6.45, 7) is 1.68. The van der Waals surface area contributed by atoms with E-state index < -0.39 is 0 Å². The minimum atomic E-state index is 0.0194. The zero-order chi connectivity index (χ0) is 17.9. The molecule has 1 aliphatic heterocycles. The maximum Gasteiger partial charge on any atom is 0.260 e. The van der Waals surface area contributed by atoms with Crippen molar-refractivity contribution in [3.8, 4) is 22.9 Å². The molecule has 6 nitrogen and oxygen atoms in total. The molecule has 1 saturated heterocycles. The van der Waals surface area contributed by atoms with Crippen LogP contribution in [0.5, 0.6) is 11.5 Å². The first-order valence-electron chi connectivity index (χ1n) is 8.78. The molecule has 26 heavy (non-hydrogen) atoms. The van der Waals surface area contributed by atoms with Crippen LogP contribution in [0.4, 0.5) is 0 Å². The van der Waals surface area contributed by atoms with Crippen molar-refractivity contribution in [2.75, 3.05) is 26.8 Å². The van der Waals surface area contributed by atoms with Crippen molar-refractivity contribution in [2.24, 2.45) is 0 Å². The number of methoxy groups -OCH3 is 1. The molecule has 4 rings (SSSR count). The first-order valence-corrected chi connectivity index (χ1v) is 8.78. The molecule has 3 aromatic rings. The maximum absolute atomic E-state index is 12.2. The lowest BCUT2D eigenvalue weighted by Crippen LogP contribution is -2.32. The molecule has 134 valence electrons. The number of hydrogen-bond acceptors (Lipinski definition) is 4. The monoisotopic (exact) mass is 351 g/mol. The zero-order valence-corrected chi connectivity index (χ0v) is 14.7. The Morgan fingerprint density at radius 1 is 1.15 bits per heavy atom. The van der Waals surface area contributed by atoms with Crippen LogP contribution in [0.1, 0.15) is 12.8 Å². The Kier molecular flexibility index (Phi) is 4.48. The van der Waals surface area contributed by atoms with Crippen LogP contribution >= 0.6 is 0 Å². The number of rotatable bonds is 5. The second-order valence-corrected chi connectivity index (χ2v) is 6.34. The molecule has 2 aromatic carbocycles. The van der Waals surface area contributed by atoms with Crippen LogP contribution in [-0.2, 0) is 4.79 Å². The van der Waals surface area contributed by atoms with Gasteiger partial charge in [0.2, 0.25) is 0 Å². The van der Waals surface area contributed by atoms with Gasteiger partial charge in [0.25, 0.3) is 5.91 Å². The fourth-order valence-corrected chi connectivity index (χ4v) is 3.22. The van der Waals surface area contributed by atoms with Gasteiger partial charge in [-0.15, -0.1) is 0 Å². The number of imidazole rings is 1. The molecule has 6 heteroatoms. The summed E-state index contributed by atoms with van der Waals surface area (Å²) < 4.78 is 11.2. The van der Waals surface area contributed by atoms with Gasteiger partial charge in [0.1, 0.15) is 5.82 Å². The Balaban J connectivity index is 1.53. The highest BCUT2D eigenvalue weighted by Gasteiger charge is 2.19. The Morgan fingerprint density at radius 2 is 1.96 bits per heavy atom. The van der Waals surface area contributed by atoms with E-state index in [4.69, 9.17) is 9.47 Å². The number of nitrogens with one attached hydrogen (secondary N) is 1. The third-order valence-corrected chi connectivity index (χ3v) is 4.64. The fraction of sp³-hybridized carbons (Fsp3) is 0.300. The Morgan fingerprint density at radius 3 is 2.73 bits per heavy atom. The van der Waals surface area contributed by atoms with Gasteiger partial charge < -0.3 is 19.4 Å². The van der Waals surface area contributed by atoms with Gasteiger partial charge in [-0.05, 0) is 43.2 Å². The van der Waals surface area contributed by atoms with Crippen LogP contribution < -0.4 is 9.47 Å². The quantitative estimate of drug-likeness (QED) is 0.766. The number of aromatic amines is 1. The Hall–Kier alpha value is -3.02. The normalized spacial score (nSPS) is 14.0. The van der Waals surface area contributed by atoms with E-state index in [1.165, 1.54) is 0 Å². The number of ether oxygens (including phenoxy) is 2. The largest absolute Gasteiger partial charge is 0.493 e. The number of H-pyrrole nitrogens is 1. The van der Waals surface area contributed by atoms with Crippen LogP contribution in [0.15, 0.2) is 42.5 Å². The van der Waals surface area contributed by atoms with Crippen molar-refractivity contribution in [2.45, 2.75) is 12.8 Å². The highest BCUT2D eigenvalue weighted by molar-refractivity contribution is 5.80. The third-order valence-electron chi connectivity index (χ3n) is 4.64. The molecular weight excluding hydrogens is 330 g/mol. The minimum absolute atomic E-state index is 0.0194. The smallest absolute Gasteiger partial charge is 0.260 e. The van der Waals surface area contributed by atoms with E-state index in [0.717, 1.165) is 48.4 Å². The number of nitrogens with zero attached hydrogens (tertiary/aromatic N) is 2. The first kappa shape index (κ1) is 16.4. The van der Waals surface area contributed by atoms with Crippen molar-refractivity contribution in [3.05, 3.63) is 42.5 Å². The number of likely N-dealkylation sites (tertiary alicyclic amines) is 1. The summed E-state index contributed by atoms with van der Waals surface area (Å²) in [6, 6.07) is 13.5. The second-order valence-electron chi connectivity index (χ2n) is 6.34. The fourth-order valence-electron chi connectivity index (χ4n) is 3.22. The van der Waals surface area contributed by atoms with E-state index >= 15 is 0 Å². The van der Waals surface area contributed by atoms with Crippen molar-refractivity contribution in [1.29, 1.82) is 0 Å². The second kappa shape index (κ2) is 7.07. The minimum Gasteiger partial charge on any atom is -0.493 e. The number of carbonyl (C=O) groups is 1. The molecule has 0 saturated carbocycles. The van der Waals surface area contributed by atoms with Crippen LogP contribution in [0, 0.1) is 0 Å². The molecule has 1 N–H and O–H groups in total. The summed E-state index contributed by atoms with van der Waals surface area (Å²) in [4.78, 5) is 21.9. The highest BCUT2D eigenvalue weighted by Crippen LogP contribution is 2.32. The van der Waals surface area contributed by atoms with E-state index in [1.54, 1.807) is 7.11 Å². The number of para-hydroxylation sites is 2. The lowest BCUT2D eigenvalue weighted by Gasteiger charge is -2.16. The number of benzene rings is 2. The average Bonchev–Trinajstić information content (AvgIpc) is 3.35. The molecule has 1 aromatic heterocycles. The number of amides is 1. The van der Waals surface area contributed by atoms with E-state index in [2.05, 4.69) is 9.97 Å². The van der Waals surface area contributed by atoms with Crippen LogP contribution in [0.3, 0.4) is 0 Å². The average molecular weight is 351 g/mol. The van der Waals surface area contributed by atoms with Gasteiger partial charge in [-0.25, -0.2) is 4.98 Å². The predicted molar refractivity (Wildman–Crippen MR) is 99.4 cm³/mol. The van der Waals surface area contributed by atoms with Crippen LogP contribution in [0.2, 0.25) is 0 Å². The van der Waals surface area contributed by atoms with Crippen molar-refractivity contribution in [3.63, 3.8) is 0 Å². The van der Waals surface area contributed by atoms with Crippen LogP contribution in [-0.4, -0.2) is 47.6 Å². The zero-order valence-electron chi connectivity index (χ0n) is 14.7. The van der Waals surface area contributed by atoms with Gasteiger partial charge in [-0.3, -0.25) is 4.79 Å². The van der Waals surface area contributed by atoms with Crippen molar-refractivity contribution >= 4 is 16.9 Å². The lowest BCUT2D eigenvalue weighted by atomic mass is 10.2. The van der Waals surface area contributed by atoms with E-state index in [1.807, 2.05) is 47.4 Å². The molecule has 0 atom stereocenters. The molecule has 1 fully saturated rings.